The Hall–Kier alpha value is -3.33. The Balaban J connectivity index is 1.63. The first-order valence-corrected chi connectivity index (χ1v) is 10.2. The molecule has 30 heavy (non-hydrogen) atoms. The van der Waals surface area contributed by atoms with Crippen molar-refractivity contribution in [2.45, 2.75) is 26.8 Å². The van der Waals surface area contributed by atoms with Crippen LogP contribution in [0.25, 0.3) is 16.2 Å². The van der Waals surface area contributed by atoms with Crippen LogP contribution in [-0.2, 0) is 24.8 Å². The van der Waals surface area contributed by atoms with E-state index in [1.165, 1.54) is 27.9 Å². The Labute approximate surface area is 175 Å². The van der Waals surface area contributed by atoms with Crippen LogP contribution in [0.1, 0.15) is 22.6 Å². The van der Waals surface area contributed by atoms with Gasteiger partial charge in [0.25, 0.3) is 5.56 Å². The van der Waals surface area contributed by atoms with Crippen molar-refractivity contribution in [1.82, 2.24) is 24.5 Å². The molecule has 0 unspecified atom stereocenters. The number of amides is 1. The third kappa shape index (κ3) is 3.76. The number of hydrogen-bond acceptors (Lipinski definition) is 5. The largest absolute Gasteiger partial charge is 0.352 e. The summed E-state index contributed by atoms with van der Waals surface area (Å²) in [7, 11) is 1.79. The molecule has 154 valence electrons. The normalized spacial score (nSPS) is 11.2. The molecule has 0 aliphatic heterocycles. The lowest BCUT2D eigenvalue weighted by Crippen LogP contribution is -2.27. The number of nitrogens with one attached hydrogen (secondary N) is 1. The van der Waals surface area contributed by atoms with Crippen LogP contribution in [0.4, 0.5) is 4.39 Å². The molecule has 1 N–H and O–H groups in total. The minimum atomic E-state index is -0.323. The van der Waals surface area contributed by atoms with Gasteiger partial charge in [0.15, 0.2) is 4.96 Å². The number of thiazole rings is 1. The van der Waals surface area contributed by atoms with Crippen LogP contribution in [0.3, 0.4) is 0 Å². The van der Waals surface area contributed by atoms with Gasteiger partial charge in [-0.1, -0.05) is 12.1 Å². The van der Waals surface area contributed by atoms with E-state index in [-0.39, 0.29) is 30.2 Å². The summed E-state index contributed by atoms with van der Waals surface area (Å²) in [5.41, 5.74) is 3.74. The maximum absolute atomic E-state index is 13.3. The molecule has 4 aromatic rings. The topological polar surface area (TPSA) is 81.3 Å². The zero-order chi connectivity index (χ0) is 21.4. The van der Waals surface area contributed by atoms with Crippen molar-refractivity contribution in [2.75, 3.05) is 0 Å². The summed E-state index contributed by atoms with van der Waals surface area (Å²) >= 11 is 1.32. The van der Waals surface area contributed by atoms with Gasteiger partial charge in [0.05, 0.1) is 29.1 Å². The highest BCUT2D eigenvalue weighted by Gasteiger charge is 2.19. The van der Waals surface area contributed by atoms with Gasteiger partial charge in [0, 0.05) is 24.7 Å². The molecule has 0 aliphatic carbocycles. The molecule has 0 radical (unpaired) electrons. The lowest BCUT2D eigenvalue weighted by molar-refractivity contribution is -0.120. The van der Waals surface area contributed by atoms with Gasteiger partial charge < -0.3 is 5.32 Å². The molecule has 1 aromatic carbocycles. The summed E-state index contributed by atoms with van der Waals surface area (Å²) in [5.74, 6) is -0.555. The Morgan fingerprint density at radius 3 is 2.63 bits per heavy atom. The Morgan fingerprint density at radius 1 is 1.23 bits per heavy atom. The third-order valence-corrected chi connectivity index (χ3v) is 5.70. The van der Waals surface area contributed by atoms with Gasteiger partial charge in [-0.2, -0.15) is 5.10 Å². The molecule has 0 spiro atoms. The molecular formula is C21H20FN5O2S. The molecule has 7 nitrogen and oxygen atoms in total. The predicted molar refractivity (Wildman–Crippen MR) is 113 cm³/mol. The molecule has 0 saturated heterocycles. The molecule has 4 rings (SSSR count). The van der Waals surface area contributed by atoms with Crippen LogP contribution in [0, 0.1) is 19.7 Å². The van der Waals surface area contributed by atoms with E-state index in [1.54, 1.807) is 36.2 Å². The van der Waals surface area contributed by atoms with Crippen molar-refractivity contribution < 1.29 is 9.18 Å². The smallest absolute Gasteiger partial charge is 0.268 e. The summed E-state index contributed by atoms with van der Waals surface area (Å²) in [4.78, 5) is 30.9. The number of aryl methyl sites for hydroxylation is 3. The summed E-state index contributed by atoms with van der Waals surface area (Å²) in [6, 6.07) is 7.79. The van der Waals surface area contributed by atoms with Crippen molar-refractivity contribution in [2.24, 2.45) is 7.05 Å². The van der Waals surface area contributed by atoms with Gasteiger partial charge in [-0.05, 0) is 37.6 Å². The average molecular weight is 425 g/mol. The van der Waals surface area contributed by atoms with Gasteiger partial charge in [-0.25, -0.2) is 9.37 Å². The summed E-state index contributed by atoms with van der Waals surface area (Å²) < 4.78 is 16.2. The summed E-state index contributed by atoms with van der Waals surface area (Å²) in [6.07, 6.45) is 0.0374. The van der Waals surface area contributed by atoms with Crippen LogP contribution < -0.4 is 10.9 Å². The minimum Gasteiger partial charge on any atom is -0.352 e. The van der Waals surface area contributed by atoms with Crippen molar-refractivity contribution in [3.05, 3.63) is 74.5 Å². The molecule has 3 aromatic heterocycles. The molecule has 0 aliphatic rings. The fourth-order valence-corrected chi connectivity index (χ4v) is 4.32. The quantitative estimate of drug-likeness (QED) is 0.533. The molecule has 3 heterocycles. The Bertz CT molecular complexity index is 1300. The second-order valence-electron chi connectivity index (χ2n) is 7.10. The van der Waals surface area contributed by atoms with E-state index in [0.29, 0.717) is 27.6 Å². The van der Waals surface area contributed by atoms with Crippen molar-refractivity contribution in [3.63, 3.8) is 0 Å². The van der Waals surface area contributed by atoms with E-state index in [0.717, 1.165) is 11.3 Å². The van der Waals surface area contributed by atoms with Crippen LogP contribution in [-0.4, -0.2) is 25.1 Å². The highest BCUT2D eigenvalue weighted by Crippen LogP contribution is 2.22. The number of fused-ring (bicyclic) bond motifs is 1. The number of benzene rings is 1. The molecular weight excluding hydrogens is 405 g/mol. The number of carbonyl (C=O) groups is 1. The first kappa shape index (κ1) is 20.0. The van der Waals surface area contributed by atoms with E-state index in [1.807, 2.05) is 13.0 Å². The maximum Gasteiger partial charge on any atom is 0.268 e. The lowest BCUT2D eigenvalue weighted by Gasteiger charge is -2.08. The second kappa shape index (κ2) is 7.83. The molecule has 9 heteroatoms. The SMILES string of the molecule is Cc1cc(-c2c(C)nc3scc(CC(=O)NCc4ccc(F)cc4)n3c2=O)n(C)n1. The van der Waals surface area contributed by atoms with Gasteiger partial charge in [-0.15, -0.1) is 11.3 Å². The highest BCUT2D eigenvalue weighted by atomic mass is 32.1. The van der Waals surface area contributed by atoms with Gasteiger partial charge in [0.1, 0.15) is 5.82 Å². The van der Waals surface area contributed by atoms with Crippen molar-refractivity contribution in [1.29, 1.82) is 0 Å². The van der Waals surface area contributed by atoms with Crippen molar-refractivity contribution in [3.8, 4) is 11.3 Å². The Morgan fingerprint density at radius 2 is 1.97 bits per heavy atom. The predicted octanol–water partition coefficient (Wildman–Crippen LogP) is 2.77. The molecule has 0 atom stereocenters. The average Bonchev–Trinajstić information content (AvgIpc) is 3.24. The van der Waals surface area contributed by atoms with E-state index in [9.17, 15) is 14.0 Å². The standard InChI is InChI=1S/C21H20FN5O2S/c1-12-8-17(26(3)25-12)19-13(2)24-21-27(20(19)29)16(11-30-21)9-18(28)23-10-14-4-6-15(22)7-5-14/h4-8,11H,9-10H2,1-3H3,(H,23,28). The second-order valence-corrected chi connectivity index (χ2v) is 7.93. The first-order valence-electron chi connectivity index (χ1n) is 9.35. The summed E-state index contributed by atoms with van der Waals surface area (Å²) in [6.45, 7) is 3.95. The van der Waals surface area contributed by atoms with Gasteiger partial charge >= 0.3 is 0 Å². The highest BCUT2D eigenvalue weighted by molar-refractivity contribution is 7.15. The fraction of sp³-hybridized carbons (Fsp3) is 0.238. The number of aromatic nitrogens is 4. The third-order valence-electron chi connectivity index (χ3n) is 4.82. The zero-order valence-corrected chi connectivity index (χ0v) is 17.6. The Kier molecular flexibility index (Phi) is 5.21. The molecule has 0 fully saturated rings. The number of rotatable bonds is 5. The van der Waals surface area contributed by atoms with Crippen LogP contribution in [0.2, 0.25) is 0 Å². The summed E-state index contributed by atoms with van der Waals surface area (Å²) in [5, 5.41) is 8.90. The van der Waals surface area contributed by atoms with E-state index in [2.05, 4.69) is 15.4 Å². The lowest BCUT2D eigenvalue weighted by atomic mass is 10.1. The van der Waals surface area contributed by atoms with Crippen LogP contribution in [0.15, 0.2) is 40.5 Å². The van der Waals surface area contributed by atoms with E-state index >= 15 is 0 Å². The van der Waals surface area contributed by atoms with Crippen molar-refractivity contribution >= 4 is 22.2 Å². The number of carbonyl (C=O) groups excluding carboxylic acids is 1. The van der Waals surface area contributed by atoms with Crippen LogP contribution in [0.5, 0.6) is 0 Å². The monoisotopic (exact) mass is 425 g/mol. The fourth-order valence-electron chi connectivity index (χ4n) is 3.40. The van der Waals surface area contributed by atoms with E-state index in [4.69, 9.17) is 0 Å². The number of halogens is 1. The molecule has 0 saturated carbocycles. The number of nitrogens with zero attached hydrogens (tertiary/aromatic N) is 4. The maximum atomic E-state index is 13.3. The van der Waals surface area contributed by atoms with Gasteiger partial charge in [-0.3, -0.25) is 18.7 Å². The zero-order valence-electron chi connectivity index (χ0n) is 16.8. The first-order chi connectivity index (χ1) is 14.3. The van der Waals surface area contributed by atoms with Crippen LogP contribution >= 0.6 is 11.3 Å². The number of hydrogen-bond donors (Lipinski definition) is 1. The van der Waals surface area contributed by atoms with Gasteiger partial charge in [0.2, 0.25) is 5.91 Å². The minimum absolute atomic E-state index is 0.0374. The molecule has 0 bridgehead atoms. The molecule has 1 amide bonds. The van der Waals surface area contributed by atoms with E-state index < -0.39 is 0 Å².